The summed E-state index contributed by atoms with van der Waals surface area (Å²) >= 11 is 0. The fourth-order valence-electron chi connectivity index (χ4n) is 2.88. The number of sulfonamides is 1. The van der Waals surface area contributed by atoms with Crippen LogP contribution in [-0.2, 0) is 23.1 Å². The average molecular weight is 401 g/mol. The van der Waals surface area contributed by atoms with Crippen LogP contribution in [-0.4, -0.2) is 39.4 Å². The highest BCUT2D eigenvalue weighted by Gasteiger charge is 2.27. The quantitative estimate of drug-likeness (QED) is 0.554. The van der Waals surface area contributed by atoms with Crippen LogP contribution in [0.2, 0.25) is 0 Å². The lowest BCUT2D eigenvalue weighted by Gasteiger charge is -2.22. The zero-order valence-electron chi connectivity index (χ0n) is 16.6. The van der Waals surface area contributed by atoms with Crippen LogP contribution in [0.3, 0.4) is 0 Å². The van der Waals surface area contributed by atoms with Gasteiger partial charge >= 0.3 is 0 Å². The summed E-state index contributed by atoms with van der Waals surface area (Å²) in [4.78, 5) is 6.71. The summed E-state index contributed by atoms with van der Waals surface area (Å²) in [6.07, 6.45) is 1.85. The Morgan fingerprint density at radius 3 is 2.25 bits per heavy atom. The molecule has 1 fully saturated rings. The number of nitrogens with zero attached hydrogens (tertiary/aromatic N) is 2. The normalized spacial score (nSPS) is 14.8. The van der Waals surface area contributed by atoms with Crippen LogP contribution in [0.4, 0.5) is 0 Å². The monoisotopic (exact) mass is 400 g/mol. The van der Waals surface area contributed by atoms with Crippen LogP contribution >= 0.6 is 0 Å². The van der Waals surface area contributed by atoms with E-state index in [1.165, 1.54) is 11.1 Å². The lowest BCUT2D eigenvalue weighted by atomic mass is 10.1. The number of nitrogens with one attached hydrogen (secondary N) is 2. The van der Waals surface area contributed by atoms with Gasteiger partial charge in [-0.15, -0.1) is 0 Å². The molecule has 0 radical (unpaired) electrons. The van der Waals surface area contributed by atoms with Gasteiger partial charge in [0.2, 0.25) is 10.0 Å². The molecule has 0 atom stereocenters. The van der Waals surface area contributed by atoms with E-state index in [1.807, 2.05) is 19.2 Å². The van der Waals surface area contributed by atoms with Crippen molar-refractivity contribution in [1.29, 1.82) is 0 Å². The van der Waals surface area contributed by atoms with E-state index < -0.39 is 10.0 Å². The Morgan fingerprint density at radius 1 is 1.07 bits per heavy atom. The van der Waals surface area contributed by atoms with Gasteiger partial charge in [0.1, 0.15) is 0 Å². The molecule has 7 heteroatoms. The fraction of sp³-hybridized carbons (Fsp3) is 0.381. The molecule has 0 heterocycles. The van der Waals surface area contributed by atoms with E-state index in [0.29, 0.717) is 11.4 Å². The SMILES string of the molecule is CN=C(NCc1ccc(S(=O)(=O)NC2CC2)cc1)N(C)Cc1ccc(C)cc1. The molecule has 1 saturated carbocycles. The highest BCUT2D eigenvalue weighted by molar-refractivity contribution is 7.89. The highest BCUT2D eigenvalue weighted by atomic mass is 32.2. The molecule has 2 N–H and O–H groups in total. The number of aliphatic imine (C=N–C) groups is 1. The standard InChI is InChI=1S/C21H28N4O2S/c1-16-4-6-18(7-5-16)15-25(3)21(22-2)23-14-17-8-12-20(13-9-17)28(26,27)24-19-10-11-19/h4-9,12-13,19,24H,10-11,14-15H2,1-3H3,(H,22,23). The minimum atomic E-state index is -3.40. The summed E-state index contributed by atoms with van der Waals surface area (Å²) in [7, 11) is 0.348. The summed E-state index contributed by atoms with van der Waals surface area (Å²) in [5.74, 6) is 0.785. The van der Waals surface area contributed by atoms with E-state index in [0.717, 1.165) is 30.9 Å². The van der Waals surface area contributed by atoms with Crippen molar-refractivity contribution in [1.82, 2.24) is 14.9 Å². The average Bonchev–Trinajstić information content (AvgIpc) is 3.48. The topological polar surface area (TPSA) is 73.8 Å². The molecule has 0 aliphatic heterocycles. The molecule has 0 unspecified atom stereocenters. The second-order valence-corrected chi connectivity index (χ2v) is 9.00. The first-order valence-electron chi connectivity index (χ1n) is 9.46. The van der Waals surface area contributed by atoms with Gasteiger partial charge in [0.15, 0.2) is 5.96 Å². The Bertz CT molecular complexity index is 918. The number of benzene rings is 2. The maximum Gasteiger partial charge on any atom is 0.240 e. The van der Waals surface area contributed by atoms with E-state index in [9.17, 15) is 8.42 Å². The summed E-state index contributed by atoms with van der Waals surface area (Å²) in [5.41, 5.74) is 3.45. The summed E-state index contributed by atoms with van der Waals surface area (Å²) < 4.78 is 27.2. The molecule has 0 saturated heterocycles. The van der Waals surface area contributed by atoms with E-state index >= 15 is 0 Å². The van der Waals surface area contributed by atoms with Gasteiger partial charge in [0.25, 0.3) is 0 Å². The van der Waals surface area contributed by atoms with Gasteiger partial charge in [0, 0.05) is 33.2 Å². The molecule has 2 aromatic rings. The van der Waals surface area contributed by atoms with Crippen LogP contribution in [0.15, 0.2) is 58.4 Å². The maximum atomic E-state index is 12.2. The Balaban J connectivity index is 1.56. The molecule has 1 aliphatic rings. The minimum absolute atomic E-state index is 0.110. The van der Waals surface area contributed by atoms with E-state index in [2.05, 4.69) is 51.1 Å². The molecule has 28 heavy (non-hydrogen) atoms. The van der Waals surface area contributed by atoms with Crippen LogP contribution in [0.1, 0.15) is 29.5 Å². The summed E-state index contributed by atoms with van der Waals surface area (Å²) in [6, 6.07) is 15.5. The van der Waals surface area contributed by atoms with Crippen molar-refractivity contribution in [2.75, 3.05) is 14.1 Å². The van der Waals surface area contributed by atoms with E-state index in [-0.39, 0.29) is 6.04 Å². The van der Waals surface area contributed by atoms with Gasteiger partial charge in [-0.05, 0) is 43.0 Å². The van der Waals surface area contributed by atoms with E-state index in [1.54, 1.807) is 19.2 Å². The first kappa shape index (κ1) is 20.4. The third-order valence-electron chi connectivity index (χ3n) is 4.70. The number of rotatable bonds is 7. The van der Waals surface area contributed by atoms with Crippen LogP contribution in [0.25, 0.3) is 0 Å². The van der Waals surface area contributed by atoms with Crippen molar-refractivity contribution in [2.24, 2.45) is 4.99 Å². The third-order valence-corrected chi connectivity index (χ3v) is 6.23. The molecule has 3 rings (SSSR count). The predicted molar refractivity (Wildman–Crippen MR) is 113 cm³/mol. The molecule has 6 nitrogen and oxygen atoms in total. The molecular formula is C21H28N4O2S. The number of hydrogen-bond donors (Lipinski definition) is 2. The second-order valence-electron chi connectivity index (χ2n) is 7.28. The van der Waals surface area contributed by atoms with Gasteiger partial charge in [-0.1, -0.05) is 42.0 Å². The molecule has 0 bridgehead atoms. The summed E-state index contributed by atoms with van der Waals surface area (Å²) in [5, 5.41) is 3.33. The largest absolute Gasteiger partial charge is 0.352 e. The first-order chi connectivity index (χ1) is 13.4. The minimum Gasteiger partial charge on any atom is -0.352 e. The third kappa shape index (κ3) is 5.56. The number of guanidine groups is 1. The van der Waals surface area contributed by atoms with Crippen molar-refractivity contribution in [3.05, 3.63) is 65.2 Å². The molecule has 0 spiro atoms. The van der Waals surface area contributed by atoms with Crippen LogP contribution < -0.4 is 10.0 Å². The highest BCUT2D eigenvalue weighted by Crippen LogP contribution is 2.22. The van der Waals surface area contributed by atoms with Gasteiger partial charge in [0.05, 0.1) is 4.90 Å². The zero-order chi connectivity index (χ0) is 20.1. The van der Waals surface area contributed by atoms with Crippen molar-refractivity contribution in [2.45, 2.75) is 43.8 Å². The van der Waals surface area contributed by atoms with Crippen molar-refractivity contribution in [3.8, 4) is 0 Å². The van der Waals surface area contributed by atoms with Crippen LogP contribution in [0, 0.1) is 6.92 Å². The Morgan fingerprint density at radius 2 is 1.68 bits per heavy atom. The van der Waals surface area contributed by atoms with Crippen molar-refractivity contribution < 1.29 is 8.42 Å². The Kier molecular flexibility index (Phi) is 6.36. The first-order valence-corrected chi connectivity index (χ1v) is 10.9. The van der Waals surface area contributed by atoms with Gasteiger partial charge in [-0.25, -0.2) is 13.1 Å². The van der Waals surface area contributed by atoms with Crippen molar-refractivity contribution in [3.63, 3.8) is 0 Å². The second kappa shape index (κ2) is 8.75. The molecule has 2 aromatic carbocycles. The molecule has 0 amide bonds. The van der Waals surface area contributed by atoms with E-state index in [4.69, 9.17) is 0 Å². The van der Waals surface area contributed by atoms with Gasteiger partial charge < -0.3 is 10.2 Å². The lowest BCUT2D eigenvalue weighted by molar-refractivity contribution is 0.476. The molecule has 150 valence electrons. The Hall–Kier alpha value is -2.38. The molecular weight excluding hydrogens is 372 g/mol. The van der Waals surface area contributed by atoms with Crippen molar-refractivity contribution >= 4 is 16.0 Å². The predicted octanol–water partition coefficient (Wildman–Crippen LogP) is 2.64. The van der Waals surface area contributed by atoms with Gasteiger partial charge in [-0.2, -0.15) is 0 Å². The maximum absolute atomic E-state index is 12.2. The summed E-state index contributed by atoms with van der Waals surface area (Å²) in [6.45, 7) is 3.40. The Labute approximate surface area is 167 Å². The molecule has 1 aliphatic carbocycles. The number of aryl methyl sites for hydroxylation is 1. The van der Waals surface area contributed by atoms with Crippen LogP contribution in [0.5, 0.6) is 0 Å². The molecule has 0 aromatic heterocycles. The fourth-order valence-corrected chi connectivity index (χ4v) is 4.19. The lowest BCUT2D eigenvalue weighted by Crippen LogP contribution is -2.38. The smallest absolute Gasteiger partial charge is 0.240 e. The zero-order valence-corrected chi connectivity index (χ0v) is 17.5. The van der Waals surface area contributed by atoms with Gasteiger partial charge in [-0.3, -0.25) is 4.99 Å². The number of hydrogen-bond acceptors (Lipinski definition) is 3.